The Morgan fingerprint density at radius 1 is 0.525 bits per heavy atom. The van der Waals surface area contributed by atoms with Crippen molar-refractivity contribution in [3.05, 3.63) is 78.4 Å². The largest absolute Gasteiger partial charge is 0.341 e. The number of rotatable bonds is 4. The van der Waals surface area contributed by atoms with Crippen LogP contribution in [0.25, 0.3) is 55.4 Å². The number of nitrogens with zero attached hydrogens (tertiary/aromatic N) is 3. The van der Waals surface area contributed by atoms with E-state index in [1.165, 1.54) is 36.8 Å². The molecule has 6 atom stereocenters. The molecule has 2 aliphatic carbocycles. The molecule has 0 amide bonds. The molecule has 40 heavy (non-hydrogen) atoms. The van der Waals surface area contributed by atoms with Crippen molar-refractivity contribution in [2.24, 2.45) is 11.8 Å². The number of imidazole rings is 2. The van der Waals surface area contributed by atoms with E-state index in [9.17, 15) is 0 Å². The lowest BCUT2D eigenvalue weighted by atomic mass is 10.0. The lowest BCUT2D eigenvalue weighted by molar-refractivity contribution is 0.544. The monoisotopic (exact) mass is 523 g/mol. The Labute approximate surface area is 230 Å². The molecule has 6 aromatic rings. The number of fused-ring (bicyclic) bond motifs is 5. The van der Waals surface area contributed by atoms with Crippen molar-refractivity contribution < 1.29 is 0 Å². The quantitative estimate of drug-likeness (QED) is 0.222. The molecule has 4 fully saturated rings. The third-order valence-corrected chi connectivity index (χ3v) is 9.73. The summed E-state index contributed by atoms with van der Waals surface area (Å²) in [5.74, 6) is 3.84. The summed E-state index contributed by atoms with van der Waals surface area (Å²) in [4.78, 5) is 21.9. The number of hydrogen-bond donors (Lipinski definition) is 4. The van der Waals surface area contributed by atoms with Crippen LogP contribution in [0.1, 0.15) is 49.4 Å². The van der Waals surface area contributed by atoms with Crippen LogP contribution in [0.3, 0.4) is 0 Å². The fourth-order valence-corrected chi connectivity index (χ4v) is 7.26. The van der Waals surface area contributed by atoms with Gasteiger partial charge in [-0.05, 0) is 91.1 Å². The molecule has 10 rings (SSSR count). The van der Waals surface area contributed by atoms with Crippen LogP contribution in [0.5, 0.6) is 0 Å². The van der Waals surface area contributed by atoms with E-state index in [0.29, 0.717) is 24.2 Å². The van der Waals surface area contributed by atoms with Crippen LogP contribution in [-0.4, -0.2) is 37.0 Å². The van der Waals surface area contributed by atoms with E-state index in [1.54, 1.807) is 0 Å². The fourth-order valence-electron chi connectivity index (χ4n) is 7.26. The number of aromatic amines is 2. The maximum atomic E-state index is 5.02. The van der Waals surface area contributed by atoms with Crippen LogP contribution >= 0.6 is 0 Å². The predicted octanol–water partition coefficient (Wildman–Crippen LogP) is 6.17. The summed E-state index contributed by atoms with van der Waals surface area (Å²) in [5, 5.41) is 8.54. The third-order valence-electron chi connectivity index (χ3n) is 9.73. The average molecular weight is 524 g/mol. The second-order valence-corrected chi connectivity index (χ2v) is 12.4. The van der Waals surface area contributed by atoms with Crippen molar-refractivity contribution >= 4 is 33.0 Å². The minimum Gasteiger partial charge on any atom is -0.341 e. The van der Waals surface area contributed by atoms with Crippen LogP contribution in [0.15, 0.2) is 66.7 Å². The van der Waals surface area contributed by atoms with Gasteiger partial charge in [-0.3, -0.25) is 0 Å². The van der Waals surface area contributed by atoms with Gasteiger partial charge in [-0.15, -0.1) is 0 Å². The number of H-pyrrole nitrogens is 2. The minimum atomic E-state index is 0.360. The van der Waals surface area contributed by atoms with Crippen molar-refractivity contribution in [2.45, 2.75) is 49.9 Å². The SMILES string of the molecule is c1cc2nc(-c3ccc4nc([C@@H]5CC6C[C@H]6N5)[nH]c4c3)ccc2cc1-c1ccc2nc([C@@H]3CC4C[C@H]4N3)[nH]c2c1. The van der Waals surface area contributed by atoms with Gasteiger partial charge in [-0.2, -0.15) is 0 Å². The lowest BCUT2D eigenvalue weighted by Crippen LogP contribution is -2.18. The van der Waals surface area contributed by atoms with E-state index in [-0.39, 0.29) is 0 Å². The summed E-state index contributed by atoms with van der Waals surface area (Å²) in [7, 11) is 0. The number of nitrogens with one attached hydrogen (secondary N) is 4. The summed E-state index contributed by atoms with van der Waals surface area (Å²) >= 11 is 0. The Morgan fingerprint density at radius 3 is 1.73 bits per heavy atom. The summed E-state index contributed by atoms with van der Waals surface area (Å²) < 4.78 is 0. The van der Waals surface area contributed by atoms with E-state index >= 15 is 0 Å². The van der Waals surface area contributed by atoms with Crippen LogP contribution in [0, 0.1) is 11.8 Å². The average Bonchev–Trinajstić information content (AvgIpc) is 3.57. The first-order valence-electron chi connectivity index (χ1n) is 14.6. The molecule has 3 aromatic heterocycles. The Balaban J connectivity index is 0.942. The van der Waals surface area contributed by atoms with Gasteiger partial charge in [0.05, 0.1) is 45.4 Å². The second-order valence-electron chi connectivity index (χ2n) is 12.4. The summed E-state index contributed by atoms with van der Waals surface area (Å²) in [6.07, 6.45) is 5.06. The van der Waals surface area contributed by atoms with Gasteiger partial charge in [-0.25, -0.2) is 15.0 Å². The van der Waals surface area contributed by atoms with Gasteiger partial charge in [0.2, 0.25) is 0 Å². The smallest absolute Gasteiger partial charge is 0.124 e. The van der Waals surface area contributed by atoms with Crippen LogP contribution < -0.4 is 10.6 Å². The molecule has 0 spiro atoms. The van der Waals surface area contributed by atoms with Crippen molar-refractivity contribution in [3.63, 3.8) is 0 Å². The standard InChI is InChI=1S/C33H29N7/c1-5-22-18(9-16(1)17-2-7-24-28(10-17)39-32(37-24)30-14-20-12-26(20)35-30)3-6-23(34-22)19-4-8-25-29(11-19)40-33(38-25)31-15-21-13-27(21)36-31/h1-11,20-21,26-27,30-31,35-36H,12-15H2,(H,37,39)(H,38,40)/t20?,21?,26-,27-,30+,31+/m1/s1. The molecular weight excluding hydrogens is 494 g/mol. The fraction of sp³-hybridized carbons (Fsp3) is 0.303. The highest BCUT2D eigenvalue weighted by atomic mass is 15.1. The van der Waals surface area contributed by atoms with E-state index in [4.69, 9.17) is 15.0 Å². The minimum absolute atomic E-state index is 0.360. The molecule has 4 N–H and O–H groups in total. The molecule has 2 unspecified atom stereocenters. The second kappa shape index (κ2) is 7.77. The molecule has 4 aliphatic rings. The molecule has 7 heteroatoms. The van der Waals surface area contributed by atoms with Gasteiger partial charge < -0.3 is 20.6 Å². The Bertz CT molecular complexity index is 1820. The normalized spacial score (nSPS) is 28.4. The Kier molecular flexibility index (Phi) is 4.22. The van der Waals surface area contributed by atoms with Gasteiger partial charge in [-0.1, -0.05) is 24.3 Å². The maximum absolute atomic E-state index is 5.02. The van der Waals surface area contributed by atoms with E-state index in [2.05, 4.69) is 87.3 Å². The molecular formula is C33H29N7. The first kappa shape index (κ1) is 21.7. The molecule has 5 heterocycles. The highest BCUT2D eigenvalue weighted by molar-refractivity contribution is 5.89. The Hall–Kier alpha value is -4.07. The van der Waals surface area contributed by atoms with Gasteiger partial charge >= 0.3 is 0 Å². The number of aromatic nitrogens is 5. The zero-order chi connectivity index (χ0) is 25.9. The van der Waals surface area contributed by atoms with Crippen molar-refractivity contribution in [1.29, 1.82) is 0 Å². The van der Waals surface area contributed by atoms with Crippen molar-refractivity contribution in [2.75, 3.05) is 0 Å². The zero-order valence-electron chi connectivity index (χ0n) is 22.0. The lowest BCUT2D eigenvalue weighted by Gasteiger charge is -2.08. The van der Waals surface area contributed by atoms with Crippen molar-refractivity contribution in [3.8, 4) is 22.4 Å². The molecule has 0 radical (unpaired) electrons. The van der Waals surface area contributed by atoms with Gasteiger partial charge in [0.15, 0.2) is 0 Å². The van der Waals surface area contributed by atoms with Crippen LogP contribution in [0.4, 0.5) is 0 Å². The topological polar surface area (TPSA) is 94.3 Å². The highest BCUT2D eigenvalue weighted by Crippen LogP contribution is 2.46. The molecule has 2 saturated heterocycles. The van der Waals surface area contributed by atoms with E-state index < -0.39 is 0 Å². The van der Waals surface area contributed by atoms with Gasteiger partial charge in [0, 0.05) is 23.0 Å². The molecule has 196 valence electrons. The van der Waals surface area contributed by atoms with Gasteiger partial charge in [0.25, 0.3) is 0 Å². The molecule has 2 aliphatic heterocycles. The third kappa shape index (κ3) is 3.41. The summed E-state index contributed by atoms with van der Waals surface area (Å²) in [5.41, 5.74) is 9.67. The molecule has 7 nitrogen and oxygen atoms in total. The number of pyridine rings is 1. The van der Waals surface area contributed by atoms with Crippen LogP contribution in [-0.2, 0) is 0 Å². The van der Waals surface area contributed by atoms with E-state index in [0.717, 1.165) is 67.7 Å². The molecule has 2 saturated carbocycles. The predicted molar refractivity (Wildman–Crippen MR) is 157 cm³/mol. The Morgan fingerprint density at radius 2 is 1.10 bits per heavy atom. The number of hydrogen-bond acceptors (Lipinski definition) is 5. The van der Waals surface area contributed by atoms with Crippen LogP contribution in [0.2, 0.25) is 0 Å². The zero-order valence-corrected chi connectivity index (χ0v) is 22.0. The van der Waals surface area contributed by atoms with Gasteiger partial charge in [0.1, 0.15) is 11.6 Å². The van der Waals surface area contributed by atoms with Crippen molar-refractivity contribution in [1.82, 2.24) is 35.6 Å². The summed E-state index contributed by atoms with van der Waals surface area (Å²) in [6, 6.07) is 26.0. The number of piperidine rings is 2. The first-order chi connectivity index (χ1) is 19.7. The highest BCUT2D eigenvalue weighted by Gasteiger charge is 2.47. The summed E-state index contributed by atoms with van der Waals surface area (Å²) in [6.45, 7) is 0. The maximum Gasteiger partial charge on any atom is 0.124 e. The molecule has 3 aromatic carbocycles. The van der Waals surface area contributed by atoms with E-state index in [1.807, 2.05) is 0 Å². The first-order valence-corrected chi connectivity index (χ1v) is 14.6. The number of benzene rings is 3. The molecule has 0 bridgehead atoms.